The van der Waals surface area contributed by atoms with Crippen LogP contribution in [-0.2, 0) is 10.3 Å². The standard InChI is InChI=1S/C30H44FN7O2/c1-5-40-30(9-12-35(13-10-30)20-23(4)31)25-6-7-26(32-19-25)24-18-28-27(8-11-33-38(28)21-24)36-14-16-37(17-15-36)29(39)34-22(2)3/h6-8,11,18-19,21-23,29,34,39H,5,9-10,12-17,20H2,1-4H3/t23-,29?/m0/s1. The number of aliphatic hydroxyl groups excluding tert-OH is 1. The number of hydrogen-bond acceptors (Lipinski definition) is 8. The Morgan fingerprint density at radius 2 is 1.82 bits per heavy atom. The number of rotatable bonds is 10. The van der Waals surface area contributed by atoms with Crippen LogP contribution in [0.3, 0.4) is 0 Å². The average molecular weight is 554 g/mol. The van der Waals surface area contributed by atoms with Gasteiger partial charge in [0.1, 0.15) is 6.17 Å². The van der Waals surface area contributed by atoms with Crippen molar-refractivity contribution in [3.05, 3.63) is 48.4 Å². The molecule has 2 N–H and O–H groups in total. The molecule has 3 aromatic rings. The zero-order valence-corrected chi connectivity index (χ0v) is 24.3. The number of halogens is 1. The fraction of sp³-hybridized carbons (Fsp3) is 0.600. The molecular formula is C30H44FN7O2. The third-order valence-electron chi connectivity index (χ3n) is 8.15. The lowest BCUT2D eigenvalue weighted by molar-refractivity contribution is -0.0868. The molecular weight excluding hydrogens is 509 g/mol. The van der Waals surface area contributed by atoms with E-state index in [9.17, 15) is 9.50 Å². The van der Waals surface area contributed by atoms with Crippen molar-refractivity contribution < 1.29 is 14.2 Å². The van der Waals surface area contributed by atoms with E-state index in [0.717, 1.165) is 80.1 Å². The van der Waals surface area contributed by atoms with E-state index >= 15 is 0 Å². The van der Waals surface area contributed by atoms with Crippen molar-refractivity contribution in [2.24, 2.45) is 0 Å². The first-order valence-electron chi connectivity index (χ1n) is 14.7. The van der Waals surface area contributed by atoms with Crippen molar-refractivity contribution in [2.75, 3.05) is 57.3 Å². The fourth-order valence-electron chi connectivity index (χ4n) is 6.10. The number of aliphatic hydroxyl groups is 1. The van der Waals surface area contributed by atoms with Crippen molar-refractivity contribution in [3.63, 3.8) is 0 Å². The number of likely N-dealkylation sites (tertiary alicyclic amines) is 1. The summed E-state index contributed by atoms with van der Waals surface area (Å²) >= 11 is 0. The summed E-state index contributed by atoms with van der Waals surface area (Å²) < 4.78 is 21.8. The topological polar surface area (TPSA) is 81.4 Å². The summed E-state index contributed by atoms with van der Waals surface area (Å²) in [7, 11) is 0. The largest absolute Gasteiger partial charge is 0.370 e. The van der Waals surface area contributed by atoms with Crippen LogP contribution in [0.4, 0.5) is 10.1 Å². The predicted octanol–water partition coefficient (Wildman–Crippen LogP) is 3.48. The second-order valence-corrected chi connectivity index (χ2v) is 11.4. The van der Waals surface area contributed by atoms with Crippen LogP contribution in [0.1, 0.15) is 46.1 Å². The van der Waals surface area contributed by atoms with Crippen molar-refractivity contribution >= 4 is 11.2 Å². The van der Waals surface area contributed by atoms with Crippen LogP contribution in [0.5, 0.6) is 0 Å². The summed E-state index contributed by atoms with van der Waals surface area (Å²) in [5, 5.41) is 18.2. The van der Waals surface area contributed by atoms with Gasteiger partial charge in [0.05, 0.1) is 22.5 Å². The molecule has 0 saturated carbocycles. The quantitative estimate of drug-likeness (QED) is 0.370. The van der Waals surface area contributed by atoms with Gasteiger partial charge in [-0.15, -0.1) is 0 Å². The molecule has 2 aliphatic rings. The predicted molar refractivity (Wildman–Crippen MR) is 156 cm³/mol. The summed E-state index contributed by atoms with van der Waals surface area (Å²) in [6.45, 7) is 13.7. The number of fused-ring (bicyclic) bond motifs is 1. The van der Waals surface area contributed by atoms with Crippen molar-refractivity contribution in [2.45, 2.75) is 64.7 Å². The minimum atomic E-state index is -0.821. The number of nitrogens with one attached hydrogen (secondary N) is 1. The molecule has 3 aromatic heterocycles. The lowest BCUT2D eigenvalue weighted by Gasteiger charge is -2.42. The van der Waals surface area contributed by atoms with Crippen LogP contribution in [0.2, 0.25) is 0 Å². The van der Waals surface area contributed by atoms with E-state index in [1.165, 1.54) is 0 Å². The van der Waals surface area contributed by atoms with E-state index in [-0.39, 0.29) is 11.6 Å². The Balaban J connectivity index is 1.31. The summed E-state index contributed by atoms with van der Waals surface area (Å²) in [4.78, 5) is 11.5. The van der Waals surface area contributed by atoms with E-state index in [2.05, 4.69) is 49.4 Å². The molecule has 0 aliphatic carbocycles. The monoisotopic (exact) mass is 553 g/mol. The van der Waals surface area contributed by atoms with E-state index in [1.54, 1.807) is 6.92 Å². The molecule has 0 amide bonds. The van der Waals surface area contributed by atoms with Crippen LogP contribution in [0.15, 0.2) is 42.9 Å². The first kappa shape index (κ1) is 28.9. The number of alkyl halides is 1. The van der Waals surface area contributed by atoms with E-state index in [0.29, 0.717) is 13.2 Å². The maximum atomic E-state index is 13.5. The second-order valence-electron chi connectivity index (χ2n) is 11.4. The third-order valence-corrected chi connectivity index (χ3v) is 8.15. The Hall–Kier alpha value is -2.63. The van der Waals surface area contributed by atoms with Gasteiger partial charge >= 0.3 is 0 Å². The highest BCUT2D eigenvalue weighted by Gasteiger charge is 2.37. The summed E-state index contributed by atoms with van der Waals surface area (Å²) in [6, 6.07) is 8.65. The molecule has 2 atom stereocenters. The first-order valence-corrected chi connectivity index (χ1v) is 14.7. The Labute approximate surface area is 236 Å². The molecule has 5 rings (SSSR count). The number of piperidine rings is 1. The molecule has 0 aromatic carbocycles. The van der Waals surface area contributed by atoms with Gasteiger partial charge in [-0.3, -0.25) is 15.2 Å². The van der Waals surface area contributed by atoms with Gasteiger partial charge in [0.25, 0.3) is 0 Å². The van der Waals surface area contributed by atoms with Crippen molar-refractivity contribution in [3.8, 4) is 11.3 Å². The molecule has 218 valence electrons. The highest BCUT2D eigenvalue weighted by molar-refractivity contribution is 5.79. The van der Waals surface area contributed by atoms with E-state index in [4.69, 9.17) is 9.72 Å². The smallest absolute Gasteiger partial charge is 0.163 e. The molecule has 5 heterocycles. The van der Waals surface area contributed by atoms with Gasteiger partial charge in [0.2, 0.25) is 0 Å². The van der Waals surface area contributed by atoms with E-state index < -0.39 is 12.5 Å². The number of hydrogen-bond donors (Lipinski definition) is 2. The van der Waals surface area contributed by atoms with Crippen molar-refractivity contribution in [1.29, 1.82) is 0 Å². The zero-order valence-electron chi connectivity index (χ0n) is 24.3. The number of aromatic nitrogens is 3. The Kier molecular flexibility index (Phi) is 9.01. The van der Waals surface area contributed by atoms with Gasteiger partial charge in [0, 0.05) is 88.2 Å². The first-order chi connectivity index (χ1) is 19.3. The summed E-state index contributed by atoms with van der Waals surface area (Å²) in [5.41, 5.74) is 4.78. The van der Waals surface area contributed by atoms with Gasteiger partial charge in [0.15, 0.2) is 6.35 Å². The number of piperazine rings is 1. The molecule has 40 heavy (non-hydrogen) atoms. The lowest BCUT2D eigenvalue weighted by atomic mass is 9.84. The van der Waals surface area contributed by atoms with Crippen LogP contribution >= 0.6 is 0 Å². The Morgan fingerprint density at radius 3 is 2.45 bits per heavy atom. The maximum absolute atomic E-state index is 13.5. The van der Waals surface area contributed by atoms with E-state index in [1.807, 2.05) is 43.9 Å². The molecule has 2 saturated heterocycles. The molecule has 0 bridgehead atoms. The number of nitrogens with zero attached hydrogens (tertiary/aromatic N) is 6. The van der Waals surface area contributed by atoms with Gasteiger partial charge < -0.3 is 19.6 Å². The highest BCUT2D eigenvalue weighted by Crippen LogP contribution is 2.37. The van der Waals surface area contributed by atoms with Gasteiger partial charge in [-0.1, -0.05) is 6.07 Å². The second kappa shape index (κ2) is 12.5. The average Bonchev–Trinajstić information content (AvgIpc) is 3.39. The van der Waals surface area contributed by atoms with Crippen LogP contribution < -0.4 is 10.2 Å². The molecule has 10 heteroatoms. The molecule has 0 spiro atoms. The number of pyridine rings is 1. The van der Waals surface area contributed by atoms with Gasteiger partial charge in [-0.2, -0.15) is 5.10 Å². The fourth-order valence-corrected chi connectivity index (χ4v) is 6.10. The minimum absolute atomic E-state index is 0.226. The lowest BCUT2D eigenvalue weighted by Crippen LogP contribution is -2.56. The van der Waals surface area contributed by atoms with Crippen LogP contribution in [0.25, 0.3) is 16.8 Å². The third kappa shape index (κ3) is 6.31. The van der Waals surface area contributed by atoms with Crippen molar-refractivity contribution in [1.82, 2.24) is 29.7 Å². The normalized spacial score (nSPS) is 20.3. The van der Waals surface area contributed by atoms with Gasteiger partial charge in [-0.05, 0) is 58.7 Å². The summed E-state index contributed by atoms with van der Waals surface area (Å²) in [5.74, 6) is 0. The number of anilines is 1. The molecule has 2 fully saturated rings. The van der Waals surface area contributed by atoms with Crippen LogP contribution in [0, 0.1) is 0 Å². The Morgan fingerprint density at radius 1 is 1.07 bits per heavy atom. The van der Waals surface area contributed by atoms with Crippen LogP contribution in [-0.4, -0.2) is 100 Å². The number of ether oxygens (including phenoxy) is 1. The Bertz CT molecular complexity index is 1230. The molecule has 0 radical (unpaired) electrons. The molecule has 2 aliphatic heterocycles. The zero-order chi connectivity index (χ0) is 28.3. The summed E-state index contributed by atoms with van der Waals surface area (Å²) in [6.07, 6.45) is 6.03. The SMILES string of the molecule is CCOC1(c2ccc(-c3cc4c(N5CCN(C(O)NC(C)C)CC5)ccnn4c3)nc2)CCN(C[C@H](C)F)CC1. The molecule has 9 nitrogen and oxygen atoms in total. The minimum Gasteiger partial charge on any atom is -0.370 e. The van der Waals surface area contributed by atoms with Gasteiger partial charge in [-0.25, -0.2) is 8.91 Å². The maximum Gasteiger partial charge on any atom is 0.163 e. The molecule has 1 unspecified atom stereocenters. The highest BCUT2D eigenvalue weighted by atomic mass is 19.1.